The van der Waals surface area contributed by atoms with Crippen molar-refractivity contribution in [1.82, 2.24) is 15.6 Å². The van der Waals surface area contributed by atoms with Gasteiger partial charge in [-0.1, -0.05) is 19.4 Å². The maximum Gasteiger partial charge on any atom is 0.336 e. The van der Waals surface area contributed by atoms with Gasteiger partial charge in [0, 0.05) is 22.1 Å². The lowest BCUT2D eigenvalue weighted by molar-refractivity contribution is -0.123. The topological polar surface area (TPSA) is 351 Å². The van der Waals surface area contributed by atoms with Crippen molar-refractivity contribution < 1.29 is 62.8 Å². The van der Waals surface area contributed by atoms with Gasteiger partial charge in [-0.3, -0.25) is 34.1 Å². The van der Waals surface area contributed by atoms with Crippen molar-refractivity contribution in [2.24, 2.45) is 5.84 Å². The number of unbranched alkanes of at least 4 members (excludes halogenated alkanes) is 2. The van der Waals surface area contributed by atoms with Gasteiger partial charge in [-0.25, -0.2) is 10.6 Å². The summed E-state index contributed by atoms with van der Waals surface area (Å²) in [5.74, 6) is 0.966. The molecule has 2 aromatic rings. The van der Waals surface area contributed by atoms with Crippen molar-refractivity contribution in [3.63, 3.8) is 0 Å². The van der Waals surface area contributed by atoms with Gasteiger partial charge in [0.1, 0.15) is 6.04 Å². The van der Waals surface area contributed by atoms with Gasteiger partial charge in [0.05, 0.1) is 22.4 Å². The number of rotatable bonds is 19. The molecule has 11 N–H and O–H groups in total. The number of benzene rings is 3. The van der Waals surface area contributed by atoms with Crippen LogP contribution in [0.1, 0.15) is 66.2 Å². The number of carboxylic acids is 1. The summed E-state index contributed by atoms with van der Waals surface area (Å²) in [5.41, 5.74) is 5.08. The molecule has 0 aromatic heterocycles. The van der Waals surface area contributed by atoms with Crippen LogP contribution in [0.4, 0.5) is 5.69 Å². The van der Waals surface area contributed by atoms with Gasteiger partial charge >= 0.3 is 5.97 Å². The highest BCUT2D eigenvalue weighted by molar-refractivity contribution is 7.86. The molecule has 1 aliphatic heterocycles. The number of hydrazine groups is 1. The first-order valence-corrected chi connectivity index (χ1v) is 21.8. The second kappa shape index (κ2) is 18.1. The van der Waals surface area contributed by atoms with Crippen LogP contribution in [-0.2, 0) is 35.1 Å². The van der Waals surface area contributed by atoms with Gasteiger partial charge in [0.15, 0.2) is 21.1 Å². The molecule has 23 heteroatoms. The van der Waals surface area contributed by atoms with E-state index in [9.17, 15) is 53.8 Å². The number of aromatic carboxylic acids is 1. The number of anilines is 1. The van der Waals surface area contributed by atoms with Crippen LogP contribution in [0.5, 0.6) is 0 Å². The lowest BCUT2D eigenvalue weighted by atomic mass is 9.89. The molecule has 20 nitrogen and oxygen atoms in total. The Balaban J connectivity index is 1.73. The first kappa shape index (κ1) is 44.7. The maximum atomic E-state index is 13.5. The summed E-state index contributed by atoms with van der Waals surface area (Å²) in [6, 6.07) is 6.52. The molecule has 57 heavy (non-hydrogen) atoms. The number of nitrogen functional groups attached to an aromatic ring is 1. The minimum absolute atomic E-state index is 0.101. The Kier molecular flexibility index (Phi) is 14.2. The SMILES string of the molecule is CCCCN(CCCCC(NC(=O)c1ccc(-c2c3ccc(=N)c(S(=O)(=O)O)c-3oc3c(S(=O)(=O)O)c(N)ccc23)c(C(=O)O)c1)C(=O)NN)CCCS(=O)(=O)O. The fourth-order valence-electron chi connectivity index (χ4n) is 6.36. The molecule has 1 aliphatic carbocycles. The number of nitrogens with zero attached hydrogens (tertiary/aromatic N) is 1. The van der Waals surface area contributed by atoms with E-state index >= 15 is 0 Å². The zero-order valence-corrected chi connectivity index (χ0v) is 32.8. The highest BCUT2D eigenvalue weighted by Gasteiger charge is 2.32. The van der Waals surface area contributed by atoms with Crippen LogP contribution >= 0.6 is 0 Å². The fourth-order valence-corrected chi connectivity index (χ4v) is 8.34. The van der Waals surface area contributed by atoms with Crippen molar-refractivity contribution in [3.8, 4) is 22.5 Å². The lowest BCUT2D eigenvalue weighted by Crippen LogP contribution is -2.49. The third kappa shape index (κ3) is 10.9. The first-order chi connectivity index (χ1) is 26.6. The number of nitrogens with one attached hydrogen (secondary N) is 3. The third-order valence-electron chi connectivity index (χ3n) is 8.98. The van der Waals surface area contributed by atoms with Crippen LogP contribution in [0.3, 0.4) is 0 Å². The van der Waals surface area contributed by atoms with Crippen molar-refractivity contribution in [2.45, 2.75) is 61.3 Å². The summed E-state index contributed by atoms with van der Waals surface area (Å²) in [4.78, 5) is 38.9. The molecule has 1 heterocycles. The molecule has 4 rings (SSSR count). The summed E-state index contributed by atoms with van der Waals surface area (Å²) in [6.07, 6.45) is 3.00. The van der Waals surface area contributed by atoms with Gasteiger partial charge in [-0.15, -0.1) is 0 Å². The van der Waals surface area contributed by atoms with E-state index in [0.717, 1.165) is 37.1 Å². The molecule has 310 valence electrons. The number of carbonyl (C=O) groups is 3. The van der Waals surface area contributed by atoms with E-state index in [1.807, 2.05) is 17.2 Å². The van der Waals surface area contributed by atoms with Crippen molar-refractivity contribution in [1.29, 1.82) is 5.41 Å². The van der Waals surface area contributed by atoms with Gasteiger partial charge in [-0.2, -0.15) is 25.3 Å². The molecule has 0 spiro atoms. The molecule has 0 saturated carbocycles. The van der Waals surface area contributed by atoms with Crippen LogP contribution < -0.4 is 27.7 Å². The van der Waals surface area contributed by atoms with Crippen LogP contribution in [0.25, 0.3) is 33.4 Å². The second-order valence-electron chi connectivity index (χ2n) is 13.0. The molecule has 0 fully saturated rings. The molecule has 0 radical (unpaired) electrons. The molecule has 0 bridgehead atoms. The van der Waals surface area contributed by atoms with E-state index in [0.29, 0.717) is 32.5 Å². The van der Waals surface area contributed by atoms with Crippen molar-refractivity contribution in [2.75, 3.05) is 31.1 Å². The summed E-state index contributed by atoms with van der Waals surface area (Å²) < 4.78 is 107. The Labute approximate surface area is 327 Å². The Morgan fingerprint density at radius 1 is 0.860 bits per heavy atom. The quantitative estimate of drug-likeness (QED) is 0.0124. The van der Waals surface area contributed by atoms with E-state index in [2.05, 4.69) is 5.32 Å². The van der Waals surface area contributed by atoms with Crippen LogP contribution in [-0.4, -0.2) is 98.1 Å². The van der Waals surface area contributed by atoms with Gasteiger partial charge in [0.2, 0.25) is 0 Å². The molecule has 1 atom stereocenters. The number of carbonyl (C=O) groups excluding carboxylic acids is 2. The Bertz CT molecular complexity index is 2560. The predicted octanol–water partition coefficient (Wildman–Crippen LogP) is 2.10. The summed E-state index contributed by atoms with van der Waals surface area (Å²) in [6.45, 7) is 3.62. The number of hydrogen-bond acceptors (Lipinski definition) is 14. The molecular formula is C34H42N6O14S3. The average molecular weight is 855 g/mol. The van der Waals surface area contributed by atoms with E-state index < -0.39 is 91.9 Å². The van der Waals surface area contributed by atoms with E-state index in [-0.39, 0.29) is 46.2 Å². The number of amides is 2. The largest absolute Gasteiger partial charge is 0.478 e. The Hall–Kier alpha value is -5.01. The lowest BCUT2D eigenvalue weighted by Gasteiger charge is -2.23. The highest BCUT2D eigenvalue weighted by atomic mass is 32.2. The standard InChI is InChI=1S/C34H42N6O14S3/c1-2-3-14-40(16-6-17-55(45,46)47)15-5-4-7-26(33(42)39-37)38-32(41)19-8-9-20(23(18-19)34(43)44)27-21-10-12-24(35)30(56(48,49)50)28(21)54-29-22(27)11-13-25(36)31(29)57(51,52)53/h8-13,18,26,35H,2-7,14-17,36-37H2,1H3,(H,38,41)(H,39,42)(H,43,44)(H,45,46,47)(H,48,49,50)(H,51,52,53). The van der Waals surface area contributed by atoms with Gasteiger partial charge < -0.3 is 25.5 Å². The molecule has 2 aliphatic rings. The molecule has 1 unspecified atom stereocenters. The van der Waals surface area contributed by atoms with Gasteiger partial charge in [-0.05, 0) is 93.7 Å². The maximum absolute atomic E-state index is 13.5. The van der Waals surface area contributed by atoms with Crippen LogP contribution in [0, 0.1) is 5.41 Å². The Morgan fingerprint density at radius 3 is 2.09 bits per heavy atom. The molecule has 0 saturated heterocycles. The first-order valence-electron chi connectivity index (χ1n) is 17.3. The molecule has 2 amide bonds. The zero-order chi connectivity index (χ0) is 42.5. The van der Waals surface area contributed by atoms with E-state index in [1.165, 1.54) is 18.2 Å². The third-order valence-corrected chi connectivity index (χ3v) is 11.6. The second-order valence-corrected chi connectivity index (χ2v) is 17.3. The fraction of sp³-hybridized carbons (Fsp3) is 0.353. The minimum atomic E-state index is -5.24. The number of fused-ring (bicyclic) bond motifs is 2. The average Bonchev–Trinajstić information content (AvgIpc) is 3.11. The molecule has 2 aromatic carbocycles. The monoisotopic (exact) mass is 854 g/mol. The predicted molar refractivity (Wildman–Crippen MR) is 205 cm³/mol. The normalized spacial score (nSPS) is 12.9. The number of nitrogens with two attached hydrogens (primary N) is 2. The van der Waals surface area contributed by atoms with E-state index in [1.54, 1.807) is 0 Å². The van der Waals surface area contributed by atoms with E-state index in [4.69, 9.17) is 26.0 Å². The number of hydrogen-bond donors (Lipinski definition) is 9. The summed E-state index contributed by atoms with van der Waals surface area (Å²) in [7, 11) is -14.5. The van der Waals surface area contributed by atoms with Crippen LogP contribution in [0.15, 0.2) is 56.7 Å². The smallest absolute Gasteiger partial charge is 0.336 e. The molecular weight excluding hydrogens is 813 g/mol. The van der Waals surface area contributed by atoms with Crippen molar-refractivity contribution >= 4 is 64.8 Å². The van der Waals surface area contributed by atoms with Crippen LogP contribution in [0.2, 0.25) is 0 Å². The summed E-state index contributed by atoms with van der Waals surface area (Å²) in [5, 5.41) is 20.1. The highest BCUT2D eigenvalue weighted by Crippen LogP contribution is 2.45. The zero-order valence-electron chi connectivity index (χ0n) is 30.4. The Morgan fingerprint density at radius 2 is 1.49 bits per heavy atom. The van der Waals surface area contributed by atoms with Crippen molar-refractivity contribution in [3.05, 3.63) is 58.9 Å². The minimum Gasteiger partial charge on any atom is -0.478 e. The summed E-state index contributed by atoms with van der Waals surface area (Å²) >= 11 is 0. The number of carboxylic acid groups (broad SMARTS) is 1. The van der Waals surface area contributed by atoms with Gasteiger partial charge in [0.25, 0.3) is 42.2 Å².